The Kier molecular flexibility index (Phi) is 4.60. The summed E-state index contributed by atoms with van der Waals surface area (Å²) in [6.07, 6.45) is 1.43. The Labute approximate surface area is 137 Å². The second-order valence-corrected chi connectivity index (χ2v) is 6.30. The van der Waals surface area contributed by atoms with Crippen LogP contribution in [-0.4, -0.2) is 42.1 Å². The van der Waals surface area contributed by atoms with Gasteiger partial charge in [0.2, 0.25) is 0 Å². The molecule has 2 aliphatic rings. The molecule has 2 saturated heterocycles. The average Bonchev–Trinajstić information content (AvgIpc) is 3.01. The molecule has 5 nitrogen and oxygen atoms in total. The van der Waals surface area contributed by atoms with Crippen molar-refractivity contribution in [1.82, 2.24) is 4.90 Å². The van der Waals surface area contributed by atoms with Crippen molar-refractivity contribution < 1.29 is 19.0 Å². The number of epoxide rings is 1. The van der Waals surface area contributed by atoms with E-state index in [9.17, 15) is 4.79 Å². The minimum absolute atomic E-state index is 0.136. The van der Waals surface area contributed by atoms with E-state index in [1.54, 1.807) is 4.90 Å². The van der Waals surface area contributed by atoms with E-state index in [1.807, 2.05) is 44.2 Å². The van der Waals surface area contributed by atoms with E-state index in [1.165, 1.54) is 0 Å². The van der Waals surface area contributed by atoms with Crippen LogP contribution < -0.4 is 0 Å². The summed E-state index contributed by atoms with van der Waals surface area (Å²) in [7, 11) is 0. The van der Waals surface area contributed by atoms with Gasteiger partial charge in [-0.1, -0.05) is 43.7 Å². The fourth-order valence-corrected chi connectivity index (χ4v) is 3.40. The van der Waals surface area contributed by atoms with Gasteiger partial charge in [0.25, 0.3) is 0 Å². The predicted molar refractivity (Wildman–Crippen MR) is 86.0 cm³/mol. The first-order chi connectivity index (χ1) is 11.1. The lowest BCUT2D eigenvalue weighted by Gasteiger charge is -2.30. The highest BCUT2D eigenvalue weighted by atomic mass is 16.7. The lowest BCUT2D eigenvalue weighted by molar-refractivity contribution is -0.0243. The zero-order chi connectivity index (χ0) is 16.4. The largest absolute Gasteiger partial charge is 0.450 e. The summed E-state index contributed by atoms with van der Waals surface area (Å²) in [6.45, 7) is 6.78. The maximum atomic E-state index is 12.5. The summed E-state index contributed by atoms with van der Waals surface area (Å²) < 4.78 is 17.2. The van der Waals surface area contributed by atoms with Gasteiger partial charge in [0.15, 0.2) is 6.23 Å². The highest BCUT2D eigenvalue weighted by Crippen LogP contribution is 2.48. The van der Waals surface area contributed by atoms with Crippen LogP contribution in [0.1, 0.15) is 45.2 Å². The van der Waals surface area contributed by atoms with E-state index in [0.717, 1.165) is 18.4 Å². The van der Waals surface area contributed by atoms with Crippen LogP contribution in [0.3, 0.4) is 0 Å². The van der Waals surface area contributed by atoms with Gasteiger partial charge >= 0.3 is 6.09 Å². The molecule has 1 unspecified atom stereocenters. The molecule has 1 aromatic carbocycles. The summed E-state index contributed by atoms with van der Waals surface area (Å²) in [6, 6.07) is 9.81. The van der Waals surface area contributed by atoms with Crippen LogP contribution in [0.5, 0.6) is 0 Å². The molecule has 0 bridgehead atoms. The van der Waals surface area contributed by atoms with E-state index in [2.05, 4.69) is 6.92 Å². The van der Waals surface area contributed by atoms with Crippen LogP contribution in [0.15, 0.2) is 30.3 Å². The number of rotatable bonds is 5. The van der Waals surface area contributed by atoms with E-state index < -0.39 is 11.8 Å². The van der Waals surface area contributed by atoms with Crippen molar-refractivity contribution >= 4 is 6.09 Å². The third-order valence-electron chi connectivity index (χ3n) is 4.68. The highest BCUT2D eigenvalue weighted by molar-refractivity contribution is 5.69. The highest BCUT2D eigenvalue weighted by Gasteiger charge is 2.63. The molecule has 0 aromatic heterocycles. The fourth-order valence-electron chi connectivity index (χ4n) is 3.40. The molecule has 0 radical (unpaired) electrons. The number of nitrogens with zero attached hydrogens (tertiary/aromatic N) is 1. The van der Waals surface area contributed by atoms with Gasteiger partial charge < -0.3 is 14.2 Å². The average molecular weight is 319 g/mol. The van der Waals surface area contributed by atoms with Gasteiger partial charge in [0, 0.05) is 0 Å². The van der Waals surface area contributed by atoms with Crippen LogP contribution >= 0.6 is 0 Å². The Morgan fingerprint density at radius 3 is 2.74 bits per heavy atom. The molecular formula is C18H25NO4. The van der Waals surface area contributed by atoms with Crippen molar-refractivity contribution in [3.63, 3.8) is 0 Å². The first-order valence-electron chi connectivity index (χ1n) is 8.41. The second-order valence-electron chi connectivity index (χ2n) is 6.30. The normalized spacial score (nSPS) is 32.8. The van der Waals surface area contributed by atoms with Crippen molar-refractivity contribution in [1.29, 1.82) is 0 Å². The van der Waals surface area contributed by atoms with Crippen molar-refractivity contribution in [3.05, 3.63) is 35.9 Å². The molecule has 3 rings (SSSR count). The summed E-state index contributed by atoms with van der Waals surface area (Å²) in [5, 5.41) is 0. The molecule has 0 N–H and O–H groups in total. The van der Waals surface area contributed by atoms with Gasteiger partial charge in [-0.05, 0) is 25.8 Å². The van der Waals surface area contributed by atoms with Gasteiger partial charge in [0.05, 0.1) is 25.4 Å². The minimum Gasteiger partial charge on any atom is -0.450 e. The number of hydrogen-bond donors (Lipinski definition) is 0. The summed E-state index contributed by atoms with van der Waals surface area (Å²) in [4.78, 5) is 14.3. The molecule has 0 spiro atoms. The third kappa shape index (κ3) is 2.95. The van der Waals surface area contributed by atoms with E-state index in [0.29, 0.717) is 13.2 Å². The molecule has 23 heavy (non-hydrogen) atoms. The number of amides is 1. The van der Waals surface area contributed by atoms with E-state index in [-0.39, 0.29) is 18.2 Å². The standard InChI is InChI=1S/C18H25NO4/c1-4-9-15-18(3,23-15)16-19(17(20)21-5-2)14(12-22-16)13-10-7-6-8-11-13/h6-8,10-11,14-16H,4-5,9,12H2,1-3H3/t14-,15-,16?,18+/m0/s1. The lowest BCUT2D eigenvalue weighted by Crippen LogP contribution is -2.46. The summed E-state index contributed by atoms with van der Waals surface area (Å²) in [5.74, 6) is 0. The van der Waals surface area contributed by atoms with Gasteiger partial charge in [-0.2, -0.15) is 0 Å². The van der Waals surface area contributed by atoms with Crippen molar-refractivity contribution in [2.45, 2.75) is 57.6 Å². The SMILES string of the molecule is CCC[C@@H]1O[C@@]1(C)C1OC[C@@H](c2ccccc2)N1C(=O)OCC. The molecule has 1 aromatic rings. The van der Waals surface area contributed by atoms with Crippen LogP contribution in [0.2, 0.25) is 0 Å². The minimum atomic E-state index is -0.438. The molecule has 126 valence electrons. The molecule has 2 aliphatic heterocycles. The second kappa shape index (κ2) is 6.49. The van der Waals surface area contributed by atoms with Gasteiger partial charge in [-0.15, -0.1) is 0 Å². The van der Waals surface area contributed by atoms with E-state index in [4.69, 9.17) is 14.2 Å². The maximum Gasteiger partial charge on any atom is 0.412 e. The molecule has 2 fully saturated rings. The zero-order valence-corrected chi connectivity index (χ0v) is 14.0. The number of hydrogen-bond acceptors (Lipinski definition) is 4. The number of ether oxygens (including phenoxy) is 3. The first-order valence-corrected chi connectivity index (χ1v) is 8.41. The van der Waals surface area contributed by atoms with Crippen LogP contribution in [0, 0.1) is 0 Å². The van der Waals surface area contributed by atoms with Crippen LogP contribution in [0.25, 0.3) is 0 Å². The topological polar surface area (TPSA) is 51.3 Å². The van der Waals surface area contributed by atoms with E-state index >= 15 is 0 Å². The van der Waals surface area contributed by atoms with Crippen molar-refractivity contribution in [2.24, 2.45) is 0 Å². The van der Waals surface area contributed by atoms with Gasteiger partial charge in [-0.25, -0.2) is 4.79 Å². The Morgan fingerprint density at radius 2 is 2.09 bits per heavy atom. The predicted octanol–water partition coefficient (Wildman–Crippen LogP) is 3.50. The van der Waals surface area contributed by atoms with Crippen molar-refractivity contribution in [3.8, 4) is 0 Å². The van der Waals surface area contributed by atoms with Crippen LogP contribution in [0.4, 0.5) is 4.79 Å². The van der Waals surface area contributed by atoms with Crippen LogP contribution in [-0.2, 0) is 14.2 Å². The smallest absolute Gasteiger partial charge is 0.412 e. The number of benzene rings is 1. The van der Waals surface area contributed by atoms with Crippen molar-refractivity contribution in [2.75, 3.05) is 13.2 Å². The fraction of sp³-hybridized carbons (Fsp3) is 0.611. The Balaban J connectivity index is 1.84. The Hall–Kier alpha value is -1.59. The third-order valence-corrected chi connectivity index (χ3v) is 4.68. The molecule has 0 saturated carbocycles. The monoisotopic (exact) mass is 319 g/mol. The molecule has 1 amide bonds. The summed E-state index contributed by atoms with van der Waals surface area (Å²) in [5.41, 5.74) is 0.617. The maximum absolute atomic E-state index is 12.5. The molecule has 0 aliphatic carbocycles. The Bertz CT molecular complexity index is 549. The quantitative estimate of drug-likeness (QED) is 0.780. The zero-order valence-electron chi connectivity index (χ0n) is 14.0. The molecule has 5 heteroatoms. The molecule has 4 atom stereocenters. The first kappa shape index (κ1) is 16.3. The lowest BCUT2D eigenvalue weighted by atomic mass is 10.0. The number of carbonyl (C=O) groups is 1. The number of carbonyl (C=O) groups excluding carboxylic acids is 1. The van der Waals surface area contributed by atoms with Gasteiger partial charge in [0.1, 0.15) is 5.60 Å². The van der Waals surface area contributed by atoms with Gasteiger partial charge in [-0.3, -0.25) is 4.90 Å². The summed E-state index contributed by atoms with van der Waals surface area (Å²) >= 11 is 0. The Morgan fingerprint density at radius 1 is 1.35 bits per heavy atom. The molecular weight excluding hydrogens is 294 g/mol. The molecule has 2 heterocycles.